The number of unbranched alkanes of at least 4 members (excludes halogenated alkanes) is 1. The molecule has 1 unspecified atom stereocenters. The third-order valence-corrected chi connectivity index (χ3v) is 4.35. The van der Waals surface area contributed by atoms with Crippen LogP contribution in [0.1, 0.15) is 40.0 Å². The molecule has 0 fully saturated rings. The van der Waals surface area contributed by atoms with Crippen molar-refractivity contribution in [3.05, 3.63) is 0 Å². The molecule has 0 aromatic carbocycles. The molecule has 4 N–H and O–H groups in total. The van der Waals surface area contributed by atoms with Crippen LogP contribution in [0.2, 0.25) is 0 Å². The zero-order valence-corrected chi connectivity index (χ0v) is 11.0. The maximum absolute atomic E-state index is 6.13. The average molecular weight is 188 g/mol. The van der Waals surface area contributed by atoms with Crippen LogP contribution in [0.25, 0.3) is 0 Å². The summed E-state index contributed by atoms with van der Waals surface area (Å²) >= 11 is 0. The van der Waals surface area contributed by atoms with Crippen molar-refractivity contribution in [1.82, 2.24) is 0 Å². The molecule has 0 spiro atoms. The Balaban J connectivity index is 3.88. The lowest BCUT2D eigenvalue weighted by Crippen LogP contribution is -2.50. The van der Waals surface area contributed by atoms with E-state index in [-0.39, 0.29) is 10.6 Å². The summed E-state index contributed by atoms with van der Waals surface area (Å²) in [6, 6.07) is 0. The van der Waals surface area contributed by atoms with Crippen LogP contribution in [0.15, 0.2) is 0 Å². The van der Waals surface area contributed by atoms with Gasteiger partial charge < -0.3 is 11.5 Å². The van der Waals surface area contributed by atoms with Gasteiger partial charge in [0.05, 0.1) is 0 Å². The summed E-state index contributed by atoms with van der Waals surface area (Å²) in [4.78, 5) is 0. The largest absolute Gasteiger partial charge is 0.330 e. The highest BCUT2D eigenvalue weighted by molar-refractivity contribution is 6.15. The van der Waals surface area contributed by atoms with E-state index >= 15 is 0 Å². The molecule has 0 aliphatic rings. The van der Waals surface area contributed by atoms with Crippen LogP contribution in [0, 0.1) is 5.41 Å². The minimum atomic E-state index is 0.0433. The molecule has 2 nitrogen and oxygen atoms in total. The van der Waals surface area contributed by atoms with Gasteiger partial charge in [0.15, 0.2) is 0 Å². The van der Waals surface area contributed by atoms with Crippen LogP contribution >= 0.6 is 0 Å². The van der Waals surface area contributed by atoms with Gasteiger partial charge in [0.25, 0.3) is 0 Å². The van der Waals surface area contributed by atoms with E-state index in [0.717, 1.165) is 23.2 Å². The first kappa shape index (κ1) is 12.1. The maximum atomic E-state index is 6.13. The fraction of sp³-hybridized carbons (Fsp3) is 1.00. The van der Waals surface area contributed by atoms with Gasteiger partial charge >= 0.3 is 0 Å². The third-order valence-electron chi connectivity index (χ3n) is 3.00. The van der Waals surface area contributed by atoms with Crippen LogP contribution in [0.3, 0.4) is 0 Å². The Kier molecular flexibility index (Phi) is 4.44. The number of hydrogen-bond acceptors (Lipinski definition) is 2. The Morgan fingerprint density at radius 1 is 1.17 bits per heavy atom. The quantitative estimate of drug-likeness (QED) is 0.478. The van der Waals surface area contributed by atoms with Gasteiger partial charge in [0.1, 0.15) is 0 Å². The van der Waals surface area contributed by atoms with Crippen molar-refractivity contribution in [2.45, 2.75) is 45.2 Å². The summed E-state index contributed by atoms with van der Waals surface area (Å²) in [6.45, 7) is 7.48. The van der Waals surface area contributed by atoms with E-state index in [1.165, 1.54) is 12.8 Å². The Bertz CT molecular complexity index is 127. The highest BCUT2D eigenvalue weighted by Crippen LogP contribution is 2.31. The zero-order chi connectivity index (χ0) is 9.83. The molecule has 0 radical (unpaired) electrons. The van der Waals surface area contributed by atoms with Gasteiger partial charge in [0.2, 0.25) is 0 Å². The molecule has 0 saturated carbocycles. The van der Waals surface area contributed by atoms with Crippen LogP contribution in [-0.4, -0.2) is 21.9 Å². The Labute approximate surface area is 79.5 Å². The fourth-order valence-corrected chi connectivity index (χ4v) is 1.28. The third kappa shape index (κ3) is 3.69. The van der Waals surface area contributed by atoms with Gasteiger partial charge in [-0.1, -0.05) is 27.2 Å². The van der Waals surface area contributed by atoms with Crippen molar-refractivity contribution in [1.29, 1.82) is 0 Å². The normalized spacial score (nSPS) is 17.8. The predicted octanol–water partition coefficient (Wildman–Crippen LogP) is 0.182. The first-order chi connectivity index (χ1) is 5.31. The molecule has 0 aliphatic heterocycles. The summed E-state index contributed by atoms with van der Waals surface area (Å²) in [5, 5.41) is 0.0433. The predicted molar refractivity (Wildman–Crippen MR) is 59.2 cm³/mol. The van der Waals surface area contributed by atoms with Crippen molar-refractivity contribution in [3.8, 4) is 0 Å². The van der Waals surface area contributed by atoms with E-state index in [0.29, 0.717) is 0 Å². The molecule has 0 saturated heterocycles. The van der Waals surface area contributed by atoms with Gasteiger partial charge in [-0.3, -0.25) is 0 Å². The van der Waals surface area contributed by atoms with Gasteiger partial charge in [-0.15, -0.1) is 0 Å². The molecule has 0 amide bonds. The van der Waals surface area contributed by atoms with E-state index in [1.807, 2.05) is 0 Å². The monoisotopic (exact) mass is 188 g/mol. The standard InChI is InChI=1S/C9H24N2Si/c1-8(2,9(3,11)12)6-4-5-7-10/h4-7,10-11H2,1-3,12H3. The summed E-state index contributed by atoms with van der Waals surface area (Å²) in [7, 11) is 1.05. The second kappa shape index (κ2) is 4.39. The second-order valence-corrected chi connectivity index (χ2v) is 6.93. The topological polar surface area (TPSA) is 52.0 Å². The molecular formula is C9H24N2Si. The van der Waals surface area contributed by atoms with Gasteiger partial charge in [-0.05, 0) is 24.8 Å². The summed E-state index contributed by atoms with van der Waals surface area (Å²) < 4.78 is 0. The van der Waals surface area contributed by atoms with Crippen molar-refractivity contribution >= 4 is 10.2 Å². The second-order valence-electron chi connectivity index (χ2n) is 4.85. The Morgan fingerprint density at radius 3 is 2.00 bits per heavy atom. The highest BCUT2D eigenvalue weighted by atomic mass is 28.1. The number of hydrogen-bond donors (Lipinski definition) is 2. The summed E-state index contributed by atoms with van der Waals surface area (Å²) in [5.41, 5.74) is 11.8. The van der Waals surface area contributed by atoms with Crippen molar-refractivity contribution < 1.29 is 0 Å². The van der Waals surface area contributed by atoms with E-state index < -0.39 is 0 Å². The van der Waals surface area contributed by atoms with Crippen LogP contribution in [0.5, 0.6) is 0 Å². The number of nitrogens with two attached hydrogens (primary N) is 2. The molecule has 0 aromatic rings. The first-order valence-corrected chi connectivity index (χ1v) is 5.80. The Hall–Kier alpha value is 0.137. The molecule has 0 aliphatic carbocycles. The zero-order valence-electron chi connectivity index (χ0n) is 8.98. The molecule has 0 bridgehead atoms. The molecule has 0 aromatic heterocycles. The van der Waals surface area contributed by atoms with E-state index in [4.69, 9.17) is 11.5 Å². The van der Waals surface area contributed by atoms with Crippen LogP contribution in [0.4, 0.5) is 0 Å². The smallest absolute Gasteiger partial charge is 0.0281 e. The van der Waals surface area contributed by atoms with Gasteiger partial charge in [-0.2, -0.15) is 0 Å². The molecular weight excluding hydrogens is 164 g/mol. The van der Waals surface area contributed by atoms with E-state index in [1.54, 1.807) is 0 Å². The number of rotatable bonds is 5. The lowest BCUT2D eigenvalue weighted by atomic mass is 9.80. The van der Waals surface area contributed by atoms with Crippen molar-refractivity contribution in [2.75, 3.05) is 6.54 Å². The lowest BCUT2D eigenvalue weighted by molar-refractivity contribution is 0.235. The lowest BCUT2D eigenvalue weighted by Gasteiger charge is -2.39. The van der Waals surface area contributed by atoms with Crippen molar-refractivity contribution in [2.24, 2.45) is 16.9 Å². The molecule has 12 heavy (non-hydrogen) atoms. The summed E-state index contributed by atoms with van der Waals surface area (Å²) in [5.74, 6) is 0. The van der Waals surface area contributed by atoms with E-state index in [9.17, 15) is 0 Å². The first-order valence-electron chi connectivity index (χ1n) is 4.80. The molecule has 0 rings (SSSR count). The average Bonchev–Trinajstić information content (AvgIpc) is 1.85. The minimum Gasteiger partial charge on any atom is -0.330 e. The molecule has 3 heteroatoms. The maximum Gasteiger partial charge on any atom is 0.0281 e. The molecule has 74 valence electrons. The van der Waals surface area contributed by atoms with E-state index in [2.05, 4.69) is 20.8 Å². The van der Waals surface area contributed by atoms with Gasteiger partial charge in [-0.25, -0.2) is 0 Å². The van der Waals surface area contributed by atoms with Crippen molar-refractivity contribution in [3.63, 3.8) is 0 Å². The highest BCUT2D eigenvalue weighted by Gasteiger charge is 2.32. The van der Waals surface area contributed by atoms with Gasteiger partial charge in [0, 0.05) is 15.4 Å². The molecule has 1 atom stereocenters. The SMILES string of the molecule is CC(N)([SiH3])C(C)(C)CCCCN. The fourth-order valence-electron chi connectivity index (χ4n) is 1.03. The Morgan fingerprint density at radius 2 is 1.67 bits per heavy atom. The van der Waals surface area contributed by atoms with Crippen LogP contribution < -0.4 is 11.5 Å². The summed E-state index contributed by atoms with van der Waals surface area (Å²) in [6.07, 6.45) is 3.53. The molecule has 0 heterocycles. The van der Waals surface area contributed by atoms with Crippen LogP contribution in [-0.2, 0) is 0 Å². The minimum absolute atomic E-state index is 0.0433.